The van der Waals surface area contributed by atoms with E-state index in [1.54, 1.807) is 31.4 Å². The number of rotatable bonds is 4. The second kappa shape index (κ2) is 6.73. The molecule has 1 fully saturated rings. The van der Waals surface area contributed by atoms with Crippen LogP contribution in [0.4, 0.5) is 4.39 Å². The summed E-state index contributed by atoms with van der Waals surface area (Å²) < 4.78 is 31.1. The third kappa shape index (κ3) is 2.82. The molecule has 1 aliphatic carbocycles. The maximum Gasteiger partial charge on any atom is 0.259 e. The van der Waals surface area contributed by atoms with Crippen molar-refractivity contribution in [2.75, 3.05) is 7.11 Å². The lowest BCUT2D eigenvalue weighted by atomic mass is 10.0. The molecule has 1 aliphatic rings. The van der Waals surface area contributed by atoms with Crippen LogP contribution in [0, 0.1) is 12.7 Å². The number of methoxy groups -OCH3 is 1. The number of fused-ring (bicyclic) bond motifs is 1. The lowest BCUT2D eigenvalue weighted by Gasteiger charge is -2.22. The van der Waals surface area contributed by atoms with Gasteiger partial charge in [0.2, 0.25) is 5.82 Å². The van der Waals surface area contributed by atoms with E-state index in [0.717, 1.165) is 25.7 Å². The van der Waals surface area contributed by atoms with E-state index >= 15 is 0 Å². The molecule has 0 unspecified atom stereocenters. The Hall–Kier alpha value is -3.13. The summed E-state index contributed by atoms with van der Waals surface area (Å²) in [5.74, 6) is 0.454. The second-order valence-corrected chi connectivity index (χ2v) is 7.31. The maximum atomic E-state index is 14.4. The van der Waals surface area contributed by atoms with Gasteiger partial charge in [0.1, 0.15) is 11.4 Å². The van der Waals surface area contributed by atoms with Gasteiger partial charge in [-0.1, -0.05) is 22.4 Å². The topological polar surface area (TPSA) is 87.1 Å². The first-order chi connectivity index (χ1) is 14.1. The van der Waals surface area contributed by atoms with Gasteiger partial charge in [-0.15, -0.1) is 0 Å². The van der Waals surface area contributed by atoms with Gasteiger partial charge in [0.15, 0.2) is 0 Å². The SMILES string of the molecule is COC1(c2noc(-c3cc(-c4ccccc4F)nc4onc(C)c34)n2)CCCC1. The number of hydrogen-bond acceptors (Lipinski definition) is 7. The van der Waals surface area contributed by atoms with Crippen LogP contribution in [0.25, 0.3) is 33.8 Å². The van der Waals surface area contributed by atoms with Gasteiger partial charge in [0.25, 0.3) is 11.6 Å². The summed E-state index contributed by atoms with van der Waals surface area (Å²) >= 11 is 0. The number of hydrogen-bond donors (Lipinski definition) is 0. The molecule has 3 heterocycles. The Kier molecular flexibility index (Phi) is 4.16. The Bertz CT molecular complexity index is 1190. The summed E-state index contributed by atoms with van der Waals surface area (Å²) in [6.07, 6.45) is 3.81. The quantitative estimate of drug-likeness (QED) is 0.491. The van der Waals surface area contributed by atoms with Crippen LogP contribution in [0.3, 0.4) is 0 Å². The molecule has 3 aromatic heterocycles. The molecular formula is C21H19FN4O3. The second-order valence-electron chi connectivity index (χ2n) is 7.31. The summed E-state index contributed by atoms with van der Waals surface area (Å²) in [4.78, 5) is 9.08. The molecule has 0 saturated heterocycles. The Morgan fingerprint density at radius 3 is 2.59 bits per heavy atom. The lowest BCUT2D eigenvalue weighted by Crippen LogP contribution is -2.25. The predicted octanol–water partition coefficient (Wildman–Crippen LogP) is 4.80. The summed E-state index contributed by atoms with van der Waals surface area (Å²) in [5.41, 5.74) is 1.78. The number of pyridine rings is 1. The van der Waals surface area contributed by atoms with Crippen LogP contribution in [-0.2, 0) is 10.3 Å². The fourth-order valence-electron chi connectivity index (χ4n) is 4.05. The average Bonchev–Trinajstić information content (AvgIpc) is 3.48. The molecule has 0 amide bonds. The molecule has 4 aromatic rings. The smallest absolute Gasteiger partial charge is 0.259 e. The number of aryl methyl sites for hydroxylation is 1. The van der Waals surface area contributed by atoms with Gasteiger partial charge in [-0.05, 0) is 50.8 Å². The van der Waals surface area contributed by atoms with Gasteiger partial charge in [-0.2, -0.15) is 4.98 Å². The van der Waals surface area contributed by atoms with Gasteiger partial charge in [-0.25, -0.2) is 9.37 Å². The van der Waals surface area contributed by atoms with Crippen molar-refractivity contribution in [3.05, 3.63) is 47.7 Å². The number of halogens is 1. The van der Waals surface area contributed by atoms with Crippen LogP contribution in [0.15, 0.2) is 39.4 Å². The summed E-state index contributed by atoms with van der Waals surface area (Å²) in [5, 5.41) is 8.87. The largest absolute Gasteiger partial charge is 0.370 e. The van der Waals surface area contributed by atoms with Gasteiger partial charge in [0.05, 0.1) is 22.3 Å². The first kappa shape index (κ1) is 17.9. The molecule has 0 spiro atoms. The molecule has 0 N–H and O–H groups in total. The Morgan fingerprint density at radius 2 is 1.83 bits per heavy atom. The van der Waals surface area contributed by atoms with E-state index in [2.05, 4.69) is 20.3 Å². The normalized spacial score (nSPS) is 16.0. The van der Waals surface area contributed by atoms with Crippen molar-refractivity contribution >= 4 is 11.1 Å². The highest BCUT2D eigenvalue weighted by Gasteiger charge is 2.40. The van der Waals surface area contributed by atoms with Crippen molar-refractivity contribution in [3.8, 4) is 22.7 Å². The number of nitrogens with zero attached hydrogens (tertiary/aromatic N) is 4. The zero-order valence-corrected chi connectivity index (χ0v) is 16.1. The van der Waals surface area contributed by atoms with Crippen LogP contribution < -0.4 is 0 Å². The Balaban J connectivity index is 1.69. The number of benzene rings is 1. The average molecular weight is 394 g/mol. The molecule has 0 radical (unpaired) electrons. The van der Waals surface area contributed by atoms with Crippen molar-refractivity contribution in [1.29, 1.82) is 0 Å². The monoisotopic (exact) mass is 394 g/mol. The van der Waals surface area contributed by atoms with E-state index in [1.807, 2.05) is 6.92 Å². The zero-order valence-electron chi connectivity index (χ0n) is 16.1. The van der Waals surface area contributed by atoms with Crippen molar-refractivity contribution in [3.63, 3.8) is 0 Å². The lowest BCUT2D eigenvalue weighted by molar-refractivity contribution is -0.0178. The summed E-state index contributed by atoms with van der Waals surface area (Å²) in [6, 6.07) is 8.17. The molecule has 0 atom stereocenters. The van der Waals surface area contributed by atoms with Crippen molar-refractivity contribution < 1.29 is 18.2 Å². The molecule has 5 rings (SSSR count). The molecular weight excluding hydrogens is 375 g/mol. The molecule has 7 nitrogen and oxygen atoms in total. The van der Waals surface area contributed by atoms with Crippen LogP contribution in [0.5, 0.6) is 0 Å². The third-order valence-electron chi connectivity index (χ3n) is 5.63. The minimum atomic E-state index is -0.522. The summed E-state index contributed by atoms with van der Waals surface area (Å²) in [7, 11) is 1.67. The van der Waals surface area contributed by atoms with Crippen molar-refractivity contribution in [1.82, 2.24) is 20.3 Å². The van der Waals surface area contributed by atoms with Gasteiger partial charge in [-0.3, -0.25) is 0 Å². The van der Waals surface area contributed by atoms with E-state index < -0.39 is 5.60 Å². The third-order valence-corrected chi connectivity index (χ3v) is 5.63. The molecule has 29 heavy (non-hydrogen) atoms. The highest BCUT2D eigenvalue weighted by molar-refractivity contribution is 5.93. The van der Waals surface area contributed by atoms with E-state index in [0.29, 0.717) is 45.3 Å². The van der Waals surface area contributed by atoms with Crippen LogP contribution >= 0.6 is 0 Å². The molecule has 0 aliphatic heterocycles. The number of ether oxygens (including phenoxy) is 1. The van der Waals surface area contributed by atoms with Crippen LogP contribution in [-0.4, -0.2) is 27.4 Å². The zero-order chi connectivity index (χ0) is 20.0. The first-order valence-corrected chi connectivity index (χ1v) is 9.53. The van der Waals surface area contributed by atoms with E-state index in [4.69, 9.17) is 13.8 Å². The Labute approximate surface area is 165 Å². The number of aromatic nitrogens is 4. The fourth-order valence-corrected chi connectivity index (χ4v) is 4.05. The minimum Gasteiger partial charge on any atom is -0.370 e. The molecule has 8 heteroatoms. The fraction of sp³-hybridized carbons (Fsp3) is 0.333. The maximum absolute atomic E-state index is 14.4. The van der Waals surface area contributed by atoms with Crippen LogP contribution in [0.2, 0.25) is 0 Å². The minimum absolute atomic E-state index is 0.292. The summed E-state index contributed by atoms with van der Waals surface area (Å²) in [6.45, 7) is 1.81. The van der Waals surface area contributed by atoms with Crippen molar-refractivity contribution in [2.24, 2.45) is 0 Å². The van der Waals surface area contributed by atoms with Gasteiger partial charge < -0.3 is 13.8 Å². The predicted molar refractivity (Wildman–Crippen MR) is 102 cm³/mol. The van der Waals surface area contributed by atoms with Gasteiger partial charge in [0, 0.05) is 12.7 Å². The van der Waals surface area contributed by atoms with E-state index in [9.17, 15) is 4.39 Å². The van der Waals surface area contributed by atoms with Crippen LogP contribution in [0.1, 0.15) is 37.2 Å². The van der Waals surface area contributed by atoms with E-state index in [-0.39, 0.29) is 5.82 Å². The molecule has 1 saturated carbocycles. The van der Waals surface area contributed by atoms with Gasteiger partial charge >= 0.3 is 0 Å². The van der Waals surface area contributed by atoms with Crippen molar-refractivity contribution in [2.45, 2.75) is 38.2 Å². The Morgan fingerprint density at radius 1 is 1.03 bits per heavy atom. The first-order valence-electron chi connectivity index (χ1n) is 9.53. The molecule has 0 bridgehead atoms. The highest BCUT2D eigenvalue weighted by atomic mass is 19.1. The molecule has 148 valence electrons. The highest BCUT2D eigenvalue weighted by Crippen LogP contribution is 2.41. The standard InChI is InChI=1S/C21H19FN4O3/c1-12-17-14(18-24-20(26-28-18)21(27-2)9-5-6-10-21)11-16(23-19(17)29-25-12)13-7-3-4-8-15(13)22/h3-4,7-8,11H,5-6,9-10H2,1-2H3. The molecule has 1 aromatic carbocycles. The van der Waals surface area contributed by atoms with E-state index in [1.165, 1.54) is 6.07 Å².